The number of carbonyl (C=O) groups is 2. The number of esters is 1. The summed E-state index contributed by atoms with van der Waals surface area (Å²) in [5.74, 6) is -1.63. The molecule has 0 unspecified atom stereocenters. The Bertz CT molecular complexity index is 353. The summed E-state index contributed by atoms with van der Waals surface area (Å²) in [5, 5.41) is 12.6. The van der Waals surface area contributed by atoms with Gasteiger partial charge in [-0.05, 0) is 6.42 Å². The third-order valence-electron chi connectivity index (χ3n) is 4.80. The molecule has 5 nitrogen and oxygen atoms in total. The van der Waals surface area contributed by atoms with E-state index in [0.29, 0.717) is 6.61 Å². The summed E-state index contributed by atoms with van der Waals surface area (Å²) in [5.41, 5.74) is 0. The molecule has 0 amide bonds. The van der Waals surface area contributed by atoms with Crippen LogP contribution in [0, 0.1) is 0 Å². The first-order valence-electron chi connectivity index (χ1n) is 11.2. The molecular weight excluding hydrogens is 365 g/mol. The van der Waals surface area contributed by atoms with E-state index in [1.54, 1.807) is 0 Å². The molecule has 0 spiro atoms. The van der Waals surface area contributed by atoms with Gasteiger partial charge in [-0.2, -0.15) is 0 Å². The standard InChI is InChI=1S/C22H43NO4.Na/c1-2-3-4-5-6-7-8-9-10-11-12-13-14-15-16-17-18-27-22(26)20-23-19-21(24)25;/h23H,2-20H2,1H3,(H,24,25);/q;+1/p-1. The molecule has 0 saturated heterocycles. The molecule has 0 saturated carbocycles. The van der Waals surface area contributed by atoms with Gasteiger partial charge in [0.05, 0.1) is 19.1 Å². The van der Waals surface area contributed by atoms with Crippen molar-refractivity contribution in [3.8, 4) is 0 Å². The van der Waals surface area contributed by atoms with Gasteiger partial charge in [0.1, 0.15) is 0 Å². The summed E-state index contributed by atoms with van der Waals surface area (Å²) in [7, 11) is 0. The van der Waals surface area contributed by atoms with Crippen molar-refractivity contribution in [1.29, 1.82) is 0 Å². The zero-order valence-corrected chi connectivity index (χ0v) is 20.6. The van der Waals surface area contributed by atoms with Crippen molar-refractivity contribution < 1.29 is 49.0 Å². The number of nitrogens with one attached hydrogen (secondary N) is 1. The van der Waals surface area contributed by atoms with Crippen LogP contribution in [-0.4, -0.2) is 31.6 Å². The van der Waals surface area contributed by atoms with E-state index in [4.69, 9.17) is 4.74 Å². The minimum atomic E-state index is -1.22. The van der Waals surface area contributed by atoms with E-state index in [2.05, 4.69) is 12.2 Å². The minimum Gasteiger partial charge on any atom is -0.549 e. The first kappa shape index (κ1) is 30.1. The zero-order chi connectivity index (χ0) is 20.0. The van der Waals surface area contributed by atoms with Gasteiger partial charge < -0.3 is 20.0 Å². The van der Waals surface area contributed by atoms with Crippen LogP contribution >= 0.6 is 0 Å². The number of carboxylic acids is 1. The third-order valence-corrected chi connectivity index (χ3v) is 4.80. The van der Waals surface area contributed by atoms with Gasteiger partial charge in [-0.25, -0.2) is 0 Å². The van der Waals surface area contributed by atoms with E-state index >= 15 is 0 Å². The van der Waals surface area contributed by atoms with Crippen molar-refractivity contribution in [3.63, 3.8) is 0 Å². The fourth-order valence-corrected chi connectivity index (χ4v) is 3.15. The van der Waals surface area contributed by atoms with Crippen LogP contribution in [0.15, 0.2) is 0 Å². The molecule has 160 valence electrons. The Morgan fingerprint density at radius 3 is 1.46 bits per heavy atom. The number of carbonyl (C=O) groups excluding carboxylic acids is 2. The summed E-state index contributed by atoms with van der Waals surface area (Å²) in [6.45, 7) is 2.29. The molecule has 0 aliphatic carbocycles. The Morgan fingerprint density at radius 1 is 0.679 bits per heavy atom. The van der Waals surface area contributed by atoms with Crippen LogP contribution in [0.4, 0.5) is 0 Å². The average Bonchev–Trinajstić information content (AvgIpc) is 2.64. The molecule has 0 aromatic carbocycles. The topological polar surface area (TPSA) is 78.5 Å². The Morgan fingerprint density at radius 2 is 1.07 bits per heavy atom. The third kappa shape index (κ3) is 25.9. The van der Waals surface area contributed by atoms with Gasteiger partial charge in [0.2, 0.25) is 0 Å². The molecule has 0 bridgehead atoms. The smallest absolute Gasteiger partial charge is 0.549 e. The number of carboxylic acid groups (broad SMARTS) is 1. The van der Waals surface area contributed by atoms with E-state index in [0.717, 1.165) is 12.8 Å². The van der Waals surface area contributed by atoms with Gasteiger partial charge >= 0.3 is 35.5 Å². The number of aliphatic carboxylic acids is 1. The summed E-state index contributed by atoms with van der Waals surface area (Å²) in [4.78, 5) is 21.5. The van der Waals surface area contributed by atoms with Crippen LogP contribution < -0.4 is 40.0 Å². The molecule has 0 aromatic heterocycles. The molecule has 0 aliphatic rings. The molecule has 1 N–H and O–H groups in total. The fourth-order valence-electron chi connectivity index (χ4n) is 3.15. The van der Waals surface area contributed by atoms with Crippen LogP contribution in [0.1, 0.15) is 110 Å². The van der Waals surface area contributed by atoms with Crippen molar-refractivity contribution in [2.45, 2.75) is 110 Å². The number of hydrogen-bond acceptors (Lipinski definition) is 5. The number of unbranched alkanes of at least 4 members (excludes halogenated alkanes) is 15. The van der Waals surface area contributed by atoms with E-state index in [9.17, 15) is 14.7 Å². The quantitative estimate of drug-likeness (QED) is 0.175. The van der Waals surface area contributed by atoms with Crippen molar-refractivity contribution in [3.05, 3.63) is 0 Å². The second-order valence-electron chi connectivity index (χ2n) is 7.50. The first-order chi connectivity index (χ1) is 13.2. The molecule has 0 atom stereocenters. The Balaban J connectivity index is 0. The molecule has 28 heavy (non-hydrogen) atoms. The number of rotatable bonds is 21. The van der Waals surface area contributed by atoms with Crippen LogP contribution in [0.3, 0.4) is 0 Å². The molecule has 6 heteroatoms. The van der Waals surface area contributed by atoms with Crippen molar-refractivity contribution in [2.75, 3.05) is 19.7 Å². The molecule has 0 aliphatic heterocycles. The van der Waals surface area contributed by atoms with Gasteiger partial charge in [-0.3, -0.25) is 4.79 Å². The fraction of sp³-hybridized carbons (Fsp3) is 0.909. The van der Waals surface area contributed by atoms with Crippen molar-refractivity contribution in [1.82, 2.24) is 5.32 Å². The van der Waals surface area contributed by atoms with Gasteiger partial charge in [0, 0.05) is 6.54 Å². The zero-order valence-electron chi connectivity index (χ0n) is 18.6. The van der Waals surface area contributed by atoms with E-state index < -0.39 is 11.9 Å². The number of hydrogen-bond donors (Lipinski definition) is 1. The maximum atomic E-state index is 11.3. The molecule has 0 radical (unpaired) electrons. The van der Waals surface area contributed by atoms with Gasteiger partial charge in [0.15, 0.2) is 0 Å². The van der Waals surface area contributed by atoms with Crippen LogP contribution in [0.5, 0.6) is 0 Å². The largest absolute Gasteiger partial charge is 1.00 e. The summed E-state index contributed by atoms with van der Waals surface area (Å²) in [6.07, 6.45) is 21.0. The average molecular weight is 408 g/mol. The van der Waals surface area contributed by atoms with E-state index in [-0.39, 0.29) is 42.6 Å². The molecule has 0 aromatic rings. The molecular formula is C22H42NNaO4. The first-order valence-corrected chi connectivity index (χ1v) is 11.2. The number of ether oxygens (including phenoxy) is 1. The van der Waals surface area contributed by atoms with Crippen molar-refractivity contribution in [2.24, 2.45) is 0 Å². The normalized spacial score (nSPS) is 10.5. The molecule has 0 fully saturated rings. The summed E-state index contributed by atoms with van der Waals surface area (Å²) < 4.78 is 5.03. The Labute approximate surface area is 195 Å². The maximum absolute atomic E-state index is 11.3. The minimum absolute atomic E-state index is 0. The van der Waals surface area contributed by atoms with Crippen LogP contribution in [0.25, 0.3) is 0 Å². The van der Waals surface area contributed by atoms with Crippen LogP contribution in [-0.2, 0) is 14.3 Å². The second kappa shape index (κ2) is 24.9. The summed E-state index contributed by atoms with van der Waals surface area (Å²) in [6, 6.07) is 0. The van der Waals surface area contributed by atoms with E-state index in [1.165, 1.54) is 89.9 Å². The Kier molecular flexibility index (Phi) is 26.8. The van der Waals surface area contributed by atoms with Gasteiger partial charge in [0.25, 0.3) is 0 Å². The van der Waals surface area contributed by atoms with Gasteiger partial charge in [-0.1, -0.05) is 103 Å². The second-order valence-corrected chi connectivity index (χ2v) is 7.50. The van der Waals surface area contributed by atoms with Crippen LogP contribution in [0.2, 0.25) is 0 Å². The molecule has 0 heterocycles. The SMILES string of the molecule is CCCCCCCCCCCCCCCCCCOC(=O)CNCC(=O)[O-].[Na+]. The predicted octanol–water partition coefficient (Wildman–Crippen LogP) is 1.13. The Hall–Kier alpha value is -0.100. The maximum Gasteiger partial charge on any atom is 1.00 e. The monoisotopic (exact) mass is 407 g/mol. The molecule has 0 rings (SSSR count). The predicted molar refractivity (Wildman–Crippen MR) is 108 cm³/mol. The summed E-state index contributed by atoms with van der Waals surface area (Å²) >= 11 is 0. The van der Waals surface area contributed by atoms with Crippen molar-refractivity contribution >= 4 is 11.9 Å². The van der Waals surface area contributed by atoms with Gasteiger partial charge in [-0.15, -0.1) is 0 Å². The van der Waals surface area contributed by atoms with E-state index in [1.807, 2.05) is 0 Å².